The molecule has 13 heavy (non-hydrogen) atoms. The van der Waals surface area contributed by atoms with Crippen LogP contribution >= 0.6 is 0 Å². The molecule has 1 rings (SSSR count). The van der Waals surface area contributed by atoms with Crippen molar-refractivity contribution in [1.29, 1.82) is 0 Å². The lowest BCUT2D eigenvalue weighted by Crippen LogP contribution is -2.41. The minimum atomic E-state index is -1.81. The summed E-state index contributed by atoms with van der Waals surface area (Å²) in [6.45, 7) is 6.53. The molecule has 0 saturated heterocycles. The van der Waals surface area contributed by atoms with Gasteiger partial charge in [-0.3, -0.25) is 0 Å². The molecule has 0 amide bonds. The van der Waals surface area contributed by atoms with Gasteiger partial charge in [0.2, 0.25) is 0 Å². The maximum Gasteiger partial charge on any atom is 0.331 e. The van der Waals surface area contributed by atoms with Gasteiger partial charge in [-0.05, 0) is 31.9 Å². The van der Waals surface area contributed by atoms with Crippen LogP contribution in [0.1, 0.15) is 32.6 Å². The molecule has 2 unspecified atom stereocenters. The second kappa shape index (κ2) is 4.58. The summed E-state index contributed by atoms with van der Waals surface area (Å²) in [6, 6.07) is 0. The molecule has 1 saturated carbocycles. The monoisotopic (exact) mass is 202 g/mol. The number of hydrogen-bond donors (Lipinski definition) is 0. The summed E-state index contributed by atoms with van der Waals surface area (Å²) in [5, 5.41) is 0. The van der Waals surface area contributed by atoms with Gasteiger partial charge in [-0.2, -0.15) is 0 Å². The van der Waals surface area contributed by atoms with Gasteiger partial charge < -0.3 is 8.85 Å². The minimum Gasteiger partial charge on any atom is -0.398 e. The average Bonchev–Trinajstić information content (AvgIpc) is 2.09. The second-order valence-corrected chi connectivity index (χ2v) is 7.97. The highest BCUT2D eigenvalue weighted by Crippen LogP contribution is 2.28. The summed E-state index contributed by atoms with van der Waals surface area (Å²) in [6.07, 6.45) is 5.69. The van der Waals surface area contributed by atoms with E-state index in [9.17, 15) is 0 Å². The zero-order valence-corrected chi connectivity index (χ0v) is 10.3. The lowest BCUT2D eigenvalue weighted by Gasteiger charge is -2.34. The van der Waals surface area contributed by atoms with Crippen molar-refractivity contribution in [3.63, 3.8) is 0 Å². The molecular formula is C10H22O2Si. The van der Waals surface area contributed by atoms with Crippen molar-refractivity contribution in [3.05, 3.63) is 0 Å². The van der Waals surface area contributed by atoms with Crippen LogP contribution in [0.5, 0.6) is 0 Å². The van der Waals surface area contributed by atoms with Gasteiger partial charge >= 0.3 is 8.56 Å². The van der Waals surface area contributed by atoms with E-state index in [0.717, 1.165) is 5.92 Å². The van der Waals surface area contributed by atoms with E-state index in [1.165, 1.54) is 25.7 Å². The Kier molecular flexibility index (Phi) is 3.95. The van der Waals surface area contributed by atoms with Gasteiger partial charge in [-0.25, -0.2) is 0 Å². The lowest BCUT2D eigenvalue weighted by molar-refractivity contribution is 0.0649. The molecule has 0 aromatic rings. The summed E-state index contributed by atoms with van der Waals surface area (Å²) in [7, 11) is -0.0429. The van der Waals surface area contributed by atoms with E-state index in [2.05, 4.69) is 20.0 Å². The van der Waals surface area contributed by atoms with Gasteiger partial charge in [0, 0.05) is 13.2 Å². The van der Waals surface area contributed by atoms with Crippen molar-refractivity contribution >= 4 is 8.56 Å². The van der Waals surface area contributed by atoms with Crippen LogP contribution in [-0.2, 0) is 8.85 Å². The van der Waals surface area contributed by atoms with Crippen LogP contribution in [-0.4, -0.2) is 21.8 Å². The quantitative estimate of drug-likeness (QED) is 0.655. The molecule has 1 aliphatic rings. The Hall–Kier alpha value is 0.137. The van der Waals surface area contributed by atoms with Crippen molar-refractivity contribution in [2.24, 2.45) is 5.92 Å². The fourth-order valence-electron chi connectivity index (χ4n) is 1.87. The smallest absolute Gasteiger partial charge is 0.331 e. The van der Waals surface area contributed by atoms with Crippen molar-refractivity contribution < 1.29 is 8.85 Å². The molecule has 0 heterocycles. The molecule has 0 radical (unpaired) electrons. The number of hydrogen-bond acceptors (Lipinski definition) is 2. The Labute approximate surface area is 82.9 Å². The largest absolute Gasteiger partial charge is 0.398 e. The summed E-state index contributed by atoms with van der Waals surface area (Å²) >= 11 is 0. The molecule has 2 nitrogen and oxygen atoms in total. The van der Waals surface area contributed by atoms with E-state index in [-0.39, 0.29) is 0 Å². The van der Waals surface area contributed by atoms with Gasteiger partial charge in [-0.1, -0.05) is 19.8 Å². The molecule has 2 atom stereocenters. The highest BCUT2D eigenvalue weighted by atomic mass is 28.4. The minimum absolute atomic E-state index is 0.454. The predicted molar refractivity (Wildman–Crippen MR) is 57.0 cm³/mol. The van der Waals surface area contributed by atoms with Crippen molar-refractivity contribution in [2.45, 2.75) is 51.8 Å². The van der Waals surface area contributed by atoms with Gasteiger partial charge in [0.05, 0.1) is 0 Å². The molecular weight excluding hydrogens is 180 g/mol. The summed E-state index contributed by atoms with van der Waals surface area (Å²) in [5.74, 6) is 0.718. The van der Waals surface area contributed by atoms with Gasteiger partial charge in [0.25, 0.3) is 0 Å². The van der Waals surface area contributed by atoms with Crippen LogP contribution < -0.4 is 0 Å². The molecule has 1 fully saturated rings. The van der Waals surface area contributed by atoms with Crippen LogP contribution in [0.2, 0.25) is 13.1 Å². The first-order valence-corrected chi connectivity index (χ1v) is 8.10. The topological polar surface area (TPSA) is 18.5 Å². The van der Waals surface area contributed by atoms with E-state index < -0.39 is 8.56 Å². The van der Waals surface area contributed by atoms with Crippen molar-refractivity contribution in [3.8, 4) is 0 Å². The van der Waals surface area contributed by atoms with Gasteiger partial charge in [0.15, 0.2) is 0 Å². The first-order chi connectivity index (χ1) is 6.05. The Morgan fingerprint density at radius 3 is 2.31 bits per heavy atom. The Morgan fingerprint density at radius 2 is 1.77 bits per heavy atom. The number of rotatable bonds is 3. The first-order valence-electron chi connectivity index (χ1n) is 5.28. The molecule has 0 bridgehead atoms. The molecule has 0 spiro atoms. The third kappa shape index (κ3) is 3.41. The fourth-order valence-corrected chi connectivity index (χ4v) is 3.05. The van der Waals surface area contributed by atoms with Crippen LogP contribution in [0.15, 0.2) is 0 Å². The molecule has 0 aromatic heterocycles. The van der Waals surface area contributed by atoms with Gasteiger partial charge in [0.1, 0.15) is 0 Å². The van der Waals surface area contributed by atoms with Crippen molar-refractivity contribution in [1.82, 2.24) is 0 Å². The van der Waals surface area contributed by atoms with E-state index in [1.807, 2.05) is 0 Å². The molecule has 0 N–H and O–H groups in total. The lowest BCUT2D eigenvalue weighted by atomic mass is 9.88. The molecule has 0 aliphatic heterocycles. The van der Waals surface area contributed by atoms with E-state index >= 15 is 0 Å². The predicted octanol–water partition coefficient (Wildman–Crippen LogP) is 2.93. The maximum absolute atomic E-state index is 6.06. The van der Waals surface area contributed by atoms with Crippen LogP contribution in [0.4, 0.5) is 0 Å². The normalized spacial score (nSPS) is 30.5. The zero-order valence-electron chi connectivity index (χ0n) is 9.30. The molecule has 78 valence electrons. The van der Waals surface area contributed by atoms with E-state index in [4.69, 9.17) is 8.85 Å². The van der Waals surface area contributed by atoms with Crippen LogP contribution in [0.25, 0.3) is 0 Å². The zero-order chi connectivity index (χ0) is 9.90. The summed E-state index contributed by atoms with van der Waals surface area (Å²) < 4.78 is 11.5. The standard InChI is InChI=1S/C10H22O2Si/c1-9-7-5-6-8-10(9)12-13(3,4)11-2/h9-10H,5-8H2,1-4H3. The second-order valence-electron chi connectivity index (χ2n) is 4.52. The summed E-state index contributed by atoms with van der Waals surface area (Å²) in [5.41, 5.74) is 0. The fraction of sp³-hybridized carbons (Fsp3) is 1.00. The third-order valence-corrected chi connectivity index (χ3v) is 4.81. The van der Waals surface area contributed by atoms with E-state index in [0.29, 0.717) is 6.10 Å². The molecule has 3 heteroatoms. The van der Waals surface area contributed by atoms with Crippen LogP contribution in [0.3, 0.4) is 0 Å². The summed E-state index contributed by atoms with van der Waals surface area (Å²) in [4.78, 5) is 0. The molecule has 0 aromatic carbocycles. The van der Waals surface area contributed by atoms with Crippen LogP contribution in [0, 0.1) is 5.92 Å². The maximum atomic E-state index is 6.06. The van der Waals surface area contributed by atoms with Crippen molar-refractivity contribution in [2.75, 3.05) is 7.11 Å². The van der Waals surface area contributed by atoms with E-state index in [1.54, 1.807) is 7.11 Å². The SMILES string of the molecule is CO[Si](C)(C)OC1CCCCC1C. The Balaban J connectivity index is 2.42. The Bertz CT molecular complexity index is 159. The highest BCUT2D eigenvalue weighted by molar-refractivity contribution is 6.64. The highest BCUT2D eigenvalue weighted by Gasteiger charge is 2.31. The molecule has 1 aliphatic carbocycles. The van der Waals surface area contributed by atoms with Gasteiger partial charge in [-0.15, -0.1) is 0 Å². The third-order valence-electron chi connectivity index (χ3n) is 2.96. The first kappa shape index (κ1) is 11.2. The average molecular weight is 202 g/mol. The Morgan fingerprint density at radius 1 is 1.15 bits per heavy atom.